The highest BCUT2D eigenvalue weighted by Crippen LogP contribution is 2.27. The van der Waals surface area contributed by atoms with E-state index in [1.54, 1.807) is 0 Å². The second-order valence-electron chi connectivity index (χ2n) is 3.35. The summed E-state index contributed by atoms with van der Waals surface area (Å²) in [5, 5.41) is 11.6. The molecule has 0 aliphatic heterocycles. The molecule has 1 saturated carbocycles. The second-order valence-corrected chi connectivity index (χ2v) is 3.35. The van der Waals surface area contributed by atoms with Gasteiger partial charge in [0.15, 0.2) is 5.84 Å². The molecule has 1 atom stereocenters. The summed E-state index contributed by atoms with van der Waals surface area (Å²) in [5.74, 6) is 0.326. The van der Waals surface area contributed by atoms with E-state index in [0.717, 1.165) is 6.42 Å². The first kappa shape index (κ1) is 9.32. The predicted octanol–water partition coefficient (Wildman–Crippen LogP) is 0.606. The Labute approximate surface area is 73.0 Å². The molecule has 1 fully saturated rings. The topological polar surface area (TPSA) is 61.9 Å². The summed E-state index contributed by atoms with van der Waals surface area (Å²) >= 11 is 0. The number of oxime groups is 1. The summed E-state index contributed by atoms with van der Waals surface area (Å²) in [7, 11) is 2.03. The number of hydrogen-bond donors (Lipinski definition) is 2. The molecule has 1 rings (SSSR count). The van der Waals surface area contributed by atoms with Crippen LogP contribution in [0.15, 0.2) is 5.16 Å². The summed E-state index contributed by atoms with van der Waals surface area (Å²) < 4.78 is 0. The van der Waals surface area contributed by atoms with Crippen LogP contribution >= 0.6 is 0 Å². The highest BCUT2D eigenvalue weighted by atomic mass is 16.4. The lowest BCUT2D eigenvalue weighted by atomic mass is 10.2. The number of nitrogens with zero attached hydrogens (tertiary/aromatic N) is 2. The summed E-state index contributed by atoms with van der Waals surface area (Å²) in [4.78, 5) is 2.19. The van der Waals surface area contributed by atoms with Crippen LogP contribution in [0, 0.1) is 0 Å². The standard InChI is InChI=1S/C8H17N3O/c1-3-7(8(9)10-12)11(2)6-4-5-6/h6-7,12H,3-5H2,1-2H3,(H2,9,10). The van der Waals surface area contributed by atoms with Gasteiger partial charge in [-0.3, -0.25) is 4.90 Å². The lowest BCUT2D eigenvalue weighted by Gasteiger charge is -2.25. The maximum atomic E-state index is 8.52. The normalized spacial score (nSPS) is 21.4. The molecule has 0 radical (unpaired) electrons. The Morgan fingerprint density at radius 1 is 1.75 bits per heavy atom. The summed E-state index contributed by atoms with van der Waals surface area (Å²) in [6.45, 7) is 2.04. The Hall–Kier alpha value is -0.770. The molecule has 70 valence electrons. The van der Waals surface area contributed by atoms with Gasteiger partial charge >= 0.3 is 0 Å². The van der Waals surface area contributed by atoms with Crippen LogP contribution in [0.4, 0.5) is 0 Å². The van der Waals surface area contributed by atoms with Crippen LogP contribution in [0.1, 0.15) is 26.2 Å². The van der Waals surface area contributed by atoms with Gasteiger partial charge in [0.05, 0.1) is 6.04 Å². The minimum absolute atomic E-state index is 0.0995. The van der Waals surface area contributed by atoms with Crippen LogP contribution in [0.3, 0.4) is 0 Å². The van der Waals surface area contributed by atoms with E-state index in [1.165, 1.54) is 12.8 Å². The molecule has 0 heterocycles. The van der Waals surface area contributed by atoms with Gasteiger partial charge in [-0.05, 0) is 26.3 Å². The highest BCUT2D eigenvalue weighted by molar-refractivity contribution is 5.85. The van der Waals surface area contributed by atoms with Crippen LogP contribution in [-0.4, -0.2) is 35.1 Å². The Bertz CT molecular complexity index is 177. The fourth-order valence-electron chi connectivity index (χ4n) is 1.51. The second kappa shape index (κ2) is 3.76. The van der Waals surface area contributed by atoms with Crippen molar-refractivity contribution in [2.75, 3.05) is 7.05 Å². The van der Waals surface area contributed by atoms with Crippen molar-refractivity contribution in [1.29, 1.82) is 0 Å². The maximum absolute atomic E-state index is 8.52. The van der Waals surface area contributed by atoms with Gasteiger partial charge in [-0.1, -0.05) is 12.1 Å². The van der Waals surface area contributed by atoms with Gasteiger partial charge in [0, 0.05) is 6.04 Å². The van der Waals surface area contributed by atoms with Crippen LogP contribution in [-0.2, 0) is 0 Å². The van der Waals surface area contributed by atoms with Crippen LogP contribution in [0.25, 0.3) is 0 Å². The van der Waals surface area contributed by atoms with Gasteiger partial charge in [0.1, 0.15) is 0 Å². The Balaban J connectivity index is 2.53. The molecular formula is C8H17N3O. The third-order valence-corrected chi connectivity index (χ3v) is 2.46. The molecule has 0 aromatic heterocycles. The van der Waals surface area contributed by atoms with Crippen molar-refractivity contribution in [3.05, 3.63) is 0 Å². The number of rotatable bonds is 4. The third kappa shape index (κ3) is 1.88. The summed E-state index contributed by atoms with van der Waals surface area (Å²) in [5.41, 5.74) is 5.55. The molecule has 0 aromatic carbocycles. The molecule has 1 aliphatic carbocycles. The smallest absolute Gasteiger partial charge is 0.156 e. The Morgan fingerprint density at radius 2 is 2.33 bits per heavy atom. The largest absolute Gasteiger partial charge is 0.409 e. The van der Waals surface area contributed by atoms with E-state index in [0.29, 0.717) is 11.9 Å². The summed E-state index contributed by atoms with van der Waals surface area (Å²) in [6, 6.07) is 0.748. The molecule has 0 amide bonds. The van der Waals surface area contributed by atoms with Gasteiger partial charge in [-0.2, -0.15) is 0 Å². The zero-order valence-electron chi connectivity index (χ0n) is 7.70. The molecule has 1 aliphatic rings. The van der Waals surface area contributed by atoms with E-state index in [2.05, 4.69) is 10.1 Å². The van der Waals surface area contributed by atoms with E-state index < -0.39 is 0 Å². The lowest BCUT2D eigenvalue weighted by Crippen LogP contribution is -2.43. The first-order valence-electron chi connectivity index (χ1n) is 4.40. The van der Waals surface area contributed by atoms with Crippen molar-refractivity contribution in [2.24, 2.45) is 10.9 Å². The Kier molecular flexibility index (Phi) is 2.92. The molecule has 12 heavy (non-hydrogen) atoms. The zero-order chi connectivity index (χ0) is 9.14. The van der Waals surface area contributed by atoms with E-state index in [-0.39, 0.29) is 6.04 Å². The van der Waals surface area contributed by atoms with Gasteiger partial charge in [-0.15, -0.1) is 0 Å². The van der Waals surface area contributed by atoms with Crippen LogP contribution in [0.5, 0.6) is 0 Å². The first-order chi connectivity index (χ1) is 5.70. The number of likely N-dealkylation sites (N-methyl/N-ethyl adjacent to an activating group) is 1. The molecule has 4 nitrogen and oxygen atoms in total. The predicted molar refractivity (Wildman–Crippen MR) is 48.3 cm³/mol. The van der Waals surface area contributed by atoms with E-state index in [1.807, 2.05) is 14.0 Å². The van der Waals surface area contributed by atoms with Crippen LogP contribution in [0.2, 0.25) is 0 Å². The maximum Gasteiger partial charge on any atom is 0.156 e. The average molecular weight is 171 g/mol. The van der Waals surface area contributed by atoms with Crippen molar-refractivity contribution in [3.63, 3.8) is 0 Å². The fraction of sp³-hybridized carbons (Fsp3) is 0.875. The lowest BCUT2D eigenvalue weighted by molar-refractivity contribution is 0.263. The molecular weight excluding hydrogens is 154 g/mol. The quantitative estimate of drug-likeness (QED) is 0.282. The van der Waals surface area contributed by atoms with Gasteiger partial charge in [0.2, 0.25) is 0 Å². The van der Waals surface area contributed by atoms with E-state index in [4.69, 9.17) is 10.9 Å². The van der Waals surface area contributed by atoms with Crippen molar-refractivity contribution in [1.82, 2.24) is 4.90 Å². The van der Waals surface area contributed by atoms with E-state index in [9.17, 15) is 0 Å². The molecule has 0 bridgehead atoms. The number of nitrogens with two attached hydrogens (primary N) is 1. The molecule has 4 heteroatoms. The van der Waals surface area contributed by atoms with Crippen molar-refractivity contribution in [2.45, 2.75) is 38.3 Å². The van der Waals surface area contributed by atoms with Gasteiger partial charge in [-0.25, -0.2) is 0 Å². The molecule has 1 unspecified atom stereocenters. The number of amidine groups is 1. The molecule has 0 saturated heterocycles. The first-order valence-corrected chi connectivity index (χ1v) is 4.40. The Morgan fingerprint density at radius 3 is 2.67 bits per heavy atom. The molecule has 3 N–H and O–H groups in total. The fourth-order valence-corrected chi connectivity index (χ4v) is 1.51. The van der Waals surface area contributed by atoms with E-state index >= 15 is 0 Å². The van der Waals surface area contributed by atoms with Gasteiger partial charge in [0.25, 0.3) is 0 Å². The average Bonchev–Trinajstić information content (AvgIpc) is 2.87. The van der Waals surface area contributed by atoms with Crippen molar-refractivity contribution >= 4 is 5.84 Å². The third-order valence-electron chi connectivity index (χ3n) is 2.46. The van der Waals surface area contributed by atoms with Gasteiger partial charge < -0.3 is 10.9 Å². The molecule has 0 spiro atoms. The minimum atomic E-state index is 0.0995. The monoisotopic (exact) mass is 171 g/mol. The minimum Gasteiger partial charge on any atom is -0.409 e. The molecule has 0 aromatic rings. The SMILES string of the molecule is CCC(C(N)=NO)N(C)C1CC1. The zero-order valence-corrected chi connectivity index (χ0v) is 7.70. The van der Waals surface area contributed by atoms with Crippen LogP contribution < -0.4 is 5.73 Å². The van der Waals surface area contributed by atoms with Crippen molar-refractivity contribution in [3.8, 4) is 0 Å². The summed E-state index contributed by atoms with van der Waals surface area (Å²) in [6.07, 6.45) is 3.38. The highest BCUT2D eigenvalue weighted by Gasteiger charge is 2.31. The van der Waals surface area contributed by atoms with Crippen molar-refractivity contribution < 1.29 is 5.21 Å². The number of hydrogen-bond acceptors (Lipinski definition) is 3.